The van der Waals surface area contributed by atoms with Gasteiger partial charge in [-0.1, -0.05) is 0 Å². The molecule has 2 aromatic heterocycles. The van der Waals surface area contributed by atoms with E-state index in [1.54, 1.807) is 13.8 Å². The molecular formula is C38H50F2N8O6. The number of fused-ring (bicyclic) bond motifs is 2. The van der Waals surface area contributed by atoms with Crippen molar-refractivity contribution in [2.75, 3.05) is 39.4 Å². The summed E-state index contributed by atoms with van der Waals surface area (Å²) in [6.45, 7) is 15.9. The van der Waals surface area contributed by atoms with Crippen molar-refractivity contribution in [1.29, 1.82) is 0 Å². The third-order valence-corrected chi connectivity index (χ3v) is 9.79. The fourth-order valence-electron chi connectivity index (χ4n) is 6.74. The molecule has 2 aliphatic rings. The lowest BCUT2D eigenvalue weighted by molar-refractivity contribution is 0.0513. The number of rotatable bonds is 10. The Kier molecular flexibility index (Phi) is 13.3. The van der Waals surface area contributed by atoms with Gasteiger partial charge in [0, 0.05) is 50.3 Å². The van der Waals surface area contributed by atoms with E-state index in [0.717, 1.165) is 64.0 Å². The lowest BCUT2D eigenvalue weighted by Gasteiger charge is -2.34. The topological polar surface area (TPSA) is 175 Å². The Hall–Kier alpha value is -4.96. The van der Waals surface area contributed by atoms with Crippen LogP contribution in [0.3, 0.4) is 0 Å². The summed E-state index contributed by atoms with van der Waals surface area (Å²) in [4.78, 5) is 68.0. The minimum Gasteiger partial charge on any atom is -0.462 e. The maximum absolute atomic E-state index is 14.1. The van der Waals surface area contributed by atoms with Gasteiger partial charge < -0.3 is 39.9 Å². The van der Waals surface area contributed by atoms with Crippen LogP contribution in [0, 0.1) is 11.6 Å². The monoisotopic (exact) mass is 752 g/mol. The third kappa shape index (κ3) is 9.39. The summed E-state index contributed by atoms with van der Waals surface area (Å²) in [5.41, 5.74) is 0.532. The molecule has 0 aliphatic carbocycles. The molecule has 292 valence electrons. The molecule has 2 aliphatic heterocycles. The highest BCUT2D eigenvalue weighted by molar-refractivity contribution is 6.05. The molecule has 2 amide bonds. The number of esters is 2. The number of carbonyl (C=O) groups is 4. The van der Waals surface area contributed by atoms with Gasteiger partial charge in [0.1, 0.15) is 33.8 Å². The molecule has 14 nitrogen and oxygen atoms in total. The fraction of sp³-hybridized carbons (Fsp3) is 0.526. The van der Waals surface area contributed by atoms with Gasteiger partial charge in [0.15, 0.2) is 11.6 Å². The first-order valence-corrected chi connectivity index (χ1v) is 18.6. The van der Waals surface area contributed by atoms with Gasteiger partial charge in [-0.15, -0.1) is 0 Å². The van der Waals surface area contributed by atoms with Crippen LogP contribution in [0.5, 0.6) is 0 Å². The van der Waals surface area contributed by atoms with Gasteiger partial charge in [-0.25, -0.2) is 28.3 Å². The Bertz CT molecular complexity index is 1820. The second-order valence-electron chi connectivity index (χ2n) is 14.0. The number of hydrogen-bond acceptors (Lipinski definition) is 10. The number of piperidine rings is 2. The lowest BCUT2D eigenvalue weighted by atomic mass is 10.0. The summed E-state index contributed by atoms with van der Waals surface area (Å²) >= 11 is 0. The number of nitrogens with one attached hydrogen (secondary N) is 4. The van der Waals surface area contributed by atoms with Gasteiger partial charge in [-0.3, -0.25) is 9.59 Å². The Morgan fingerprint density at radius 3 is 1.35 bits per heavy atom. The minimum absolute atomic E-state index is 0.0624. The number of likely N-dealkylation sites (tertiary alicyclic amines) is 2. The standard InChI is InChI=1S/2C19H25FN4O3/c2*1-4-27-19(26)15-13(20)5-6-14-16(15)23-17(22-14)18(25)21-12-7-9-24(10-8-12)11(2)3/h2*5-6,11-12H,4,7-10H2,1-3H3,(H,21,25)(H,22,23). The summed E-state index contributed by atoms with van der Waals surface area (Å²) < 4.78 is 38.0. The summed E-state index contributed by atoms with van der Waals surface area (Å²) in [5.74, 6) is -3.62. The van der Waals surface area contributed by atoms with Crippen molar-refractivity contribution in [3.8, 4) is 0 Å². The van der Waals surface area contributed by atoms with E-state index in [1.165, 1.54) is 12.1 Å². The van der Waals surface area contributed by atoms with Crippen LogP contribution in [0.25, 0.3) is 22.1 Å². The molecule has 6 rings (SSSR count). The quantitative estimate of drug-likeness (QED) is 0.162. The fourth-order valence-corrected chi connectivity index (χ4v) is 6.74. The van der Waals surface area contributed by atoms with Gasteiger partial charge in [0.2, 0.25) is 0 Å². The summed E-state index contributed by atoms with van der Waals surface area (Å²) in [6, 6.07) is 6.37. The number of ether oxygens (including phenoxy) is 2. The largest absolute Gasteiger partial charge is 0.462 e. The number of hydrogen-bond donors (Lipinski definition) is 4. The minimum atomic E-state index is -0.792. The van der Waals surface area contributed by atoms with Crippen molar-refractivity contribution in [3.05, 3.63) is 58.7 Å². The van der Waals surface area contributed by atoms with Crippen molar-refractivity contribution in [2.45, 2.75) is 91.4 Å². The third-order valence-electron chi connectivity index (χ3n) is 9.79. The molecular weight excluding hydrogens is 702 g/mol. The molecule has 0 saturated carbocycles. The van der Waals surface area contributed by atoms with Gasteiger partial charge in [-0.05, 0) is 91.5 Å². The summed E-state index contributed by atoms with van der Waals surface area (Å²) in [7, 11) is 0. The molecule has 0 unspecified atom stereocenters. The van der Waals surface area contributed by atoms with Crippen LogP contribution in [0.4, 0.5) is 8.78 Å². The van der Waals surface area contributed by atoms with Crippen LogP contribution in [0.15, 0.2) is 24.3 Å². The van der Waals surface area contributed by atoms with Crippen LogP contribution in [0.2, 0.25) is 0 Å². The molecule has 16 heteroatoms. The molecule has 0 radical (unpaired) electrons. The van der Waals surface area contributed by atoms with Crippen LogP contribution in [0.1, 0.15) is 109 Å². The number of H-pyrrole nitrogens is 2. The number of aromatic amines is 2. The smallest absolute Gasteiger partial charge is 0.343 e. The Morgan fingerprint density at radius 2 is 1.04 bits per heavy atom. The predicted molar refractivity (Wildman–Crippen MR) is 198 cm³/mol. The number of amides is 2. The first kappa shape index (κ1) is 40.2. The van der Waals surface area contributed by atoms with E-state index in [-0.39, 0.29) is 70.9 Å². The number of aromatic nitrogens is 4. The highest BCUT2D eigenvalue weighted by atomic mass is 19.1. The zero-order valence-corrected chi connectivity index (χ0v) is 31.7. The molecule has 2 fully saturated rings. The van der Waals surface area contributed by atoms with Crippen molar-refractivity contribution in [1.82, 2.24) is 40.4 Å². The second kappa shape index (κ2) is 17.9. The van der Waals surface area contributed by atoms with Crippen LogP contribution >= 0.6 is 0 Å². The molecule has 0 spiro atoms. The van der Waals surface area contributed by atoms with Gasteiger partial charge in [0.25, 0.3) is 11.8 Å². The van der Waals surface area contributed by atoms with Crippen LogP contribution in [-0.4, -0.2) is 117 Å². The van der Waals surface area contributed by atoms with E-state index in [2.05, 4.69) is 68.1 Å². The van der Waals surface area contributed by atoms with Crippen molar-refractivity contribution >= 4 is 45.8 Å². The SMILES string of the molecule is CCOC(=O)c1c(F)ccc2[nH]c(C(=O)NC3CCN(C(C)C)CC3)nc12.CCOC(=O)c1c(F)ccc2[nH]c(C(=O)NC3CCN(C(C)C)CC3)nc12. The maximum atomic E-state index is 14.1. The van der Waals surface area contributed by atoms with Crippen molar-refractivity contribution < 1.29 is 37.4 Å². The van der Waals surface area contributed by atoms with Crippen molar-refractivity contribution in [2.24, 2.45) is 0 Å². The number of carbonyl (C=O) groups excluding carboxylic acids is 4. The van der Waals surface area contributed by atoms with E-state index < -0.39 is 23.6 Å². The Labute approximate surface area is 312 Å². The Balaban J connectivity index is 0.000000208. The van der Waals surface area contributed by atoms with Crippen molar-refractivity contribution in [3.63, 3.8) is 0 Å². The average molecular weight is 753 g/mol. The summed E-state index contributed by atoms with van der Waals surface area (Å²) in [6.07, 6.45) is 3.47. The van der Waals surface area contributed by atoms with E-state index in [1.807, 2.05) is 0 Å². The highest BCUT2D eigenvalue weighted by Crippen LogP contribution is 2.23. The molecule has 2 aromatic carbocycles. The van der Waals surface area contributed by atoms with Crippen LogP contribution in [-0.2, 0) is 9.47 Å². The zero-order chi connectivity index (χ0) is 39.1. The summed E-state index contributed by atoms with van der Waals surface area (Å²) in [5, 5.41) is 5.95. The number of halogens is 2. The molecule has 4 N–H and O–H groups in total. The predicted octanol–water partition coefficient (Wildman–Crippen LogP) is 4.96. The number of benzene rings is 2. The van der Waals surface area contributed by atoms with Gasteiger partial charge in [0.05, 0.1) is 24.2 Å². The van der Waals surface area contributed by atoms with E-state index >= 15 is 0 Å². The molecule has 0 bridgehead atoms. The average Bonchev–Trinajstić information content (AvgIpc) is 3.78. The highest BCUT2D eigenvalue weighted by Gasteiger charge is 2.27. The molecule has 4 heterocycles. The molecule has 4 aromatic rings. The maximum Gasteiger partial charge on any atom is 0.343 e. The first-order valence-electron chi connectivity index (χ1n) is 18.6. The van der Waals surface area contributed by atoms with E-state index in [0.29, 0.717) is 23.1 Å². The molecule has 0 atom stereocenters. The lowest BCUT2D eigenvalue weighted by Crippen LogP contribution is -2.46. The molecule has 2 saturated heterocycles. The van der Waals surface area contributed by atoms with E-state index in [9.17, 15) is 28.0 Å². The number of nitrogens with zero attached hydrogens (tertiary/aromatic N) is 4. The first-order chi connectivity index (χ1) is 25.8. The number of imidazole rings is 2. The molecule has 54 heavy (non-hydrogen) atoms. The van der Waals surface area contributed by atoms with E-state index in [4.69, 9.17) is 9.47 Å². The Morgan fingerprint density at radius 1 is 0.685 bits per heavy atom. The van der Waals surface area contributed by atoms with Gasteiger partial charge in [-0.2, -0.15) is 0 Å². The normalized spacial score (nSPS) is 16.0. The second-order valence-corrected chi connectivity index (χ2v) is 14.0. The zero-order valence-electron chi connectivity index (χ0n) is 31.7. The van der Waals surface area contributed by atoms with Gasteiger partial charge >= 0.3 is 11.9 Å². The van der Waals surface area contributed by atoms with Crippen LogP contribution < -0.4 is 10.6 Å².